The third-order valence-electron chi connectivity index (χ3n) is 7.01. The zero-order chi connectivity index (χ0) is 27.5. The zero-order valence-electron chi connectivity index (χ0n) is 25.5. The molecule has 38 heavy (non-hydrogen) atoms. The molecule has 0 fully saturated rings. The summed E-state index contributed by atoms with van der Waals surface area (Å²) in [5.41, 5.74) is 0. The van der Waals surface area contributed by atoms with Crippen LogP contribution in [0.2, 0.25) is 0 Å². The summed E-state index contributed by atoms with van der Waals surface area (Å²) in [5.74, 6) is 0. The second-order valence-electron chi connectivity index (χ2n) is 10.8. The van der Waals surface area contributed by atoms with Crippen molar-refractivity contribution in [1.29, 1.82) is 0 Å². The summed E-state index contributed by atoms with van der Waals surface area (Å²) in [6.45, 7) is 4.17. The van der Waals surface area contributed by atoms with Gasteiger partial charge in [0.25, 0.3) is 0 Å². The van der Waals surface area contributed by atoms with E-state index in [2.05, 4.69) is 71.5 Å². The van der Waals surface area contributed by atoms with Crippen LogP contribution in [0.1, 0.15) is 161 Å². The Balaban J connectivity index is 3.19. The van der Waals surface area contributed by atoms with Gasteiger partial charge in [-0.2, -0.15) is 0 Å². The molecule has 0 atom stereocenters. The van der Waals surface area contributed by atoms with Crippen LogP contribution in [-0.4, -0.2) is 18.5 Å². The number of halogens is 1. The van der Waals surface area contributed by atoms with Crippen molar-refractivity contribution in [2.24, 2.45) is 0 Å². The van der Waals surface area contributed by atoms with Crippen LogP contribution >= 0.6 is 15.9 Å². The highest BCUT2D eigenvalue weighted by Gasteiger charge is 1.93. The maximum Gasteiger partial charge on any atom is 0.0466 e. The van der Waals surface area contributed by atoms with Gasteiger partial charge in [-0.15, -0.1) is 0 Å². The molecule has 0 radical (unpaired) electrons. The molecular formula is C36H65BrO. The molecule has 0 saturated heterocycles. The lowest BCUT2D eigenvalue weighted by atomic mass is 10.1. The van der Waals surface area contributed by atoms with E-state index in [-0.39, 0.29) is 0 Å². The number of unbranched alkanes of at least 4 members (excludes halogenated alkanes) is 18. The Bertz CT molecular complexity index is 533. The van der Waals surface area contributed by atoms with Crippen molar-refractivity contribution >= 4 is 15.9 Å². The summed E-state index contributed by atoms with van der Waals surface area (Å²) < 4.78 is 5.83. The first kappa shape index (κ1) is 37.4. The Morgan fingerprint density at radius 3 is 1.16 bits per heavy atom. The Morgan fingerprint density at radius 1 is 0.395 bits per heavy atom. The highest BCUT2D eigenvalue weighted by Crippen LogP contribution is 2.10. The normalized spacial score (nSPS) is 12.4. The number of rotatable bonds is 31. The molecule has 0 rings (SSSR count). The molecule has 0 aliphatic heterocycles. The molecule has 0 N–H and O–H groups in total. The van der Waals surface area contributed by atoms with Crippen LogP contribution in [-0.2, 0) is 4.74 Å². The van der Waals surface area contributed by atoms with Crippen molar-refractivity contribution in [3.05, 3.63) is 48.6 Å². The van der Waals surface area contributed by atoms with Gasteiger partial charge in [-0.05, 0) is 83.5 Å². The van der Waals surface area contributed by atoms with Gasteiger partial charge in [-0.1, -0.05) is 142 Å². The third kappa shape index (κ3) is 35.4. The van der Waals surface area contributed by atoms with E-state index in [0.29, 0.717) is 0 Å². The second-order valence-corrected chi connectivity index (χ2v) is 11.6. The molecule has 0 bridgehead atoms. The van der Waals surface area contributed by atoms with Crippen LogP contribution in [0.25, 0.3) is 0 Å². The molecule has 0 aromatic carbocycles. The minimum atomic E-state index is 0.948. The third-order valence-corrected chi connectivity index (χ3v) is 7.57. The van der Waals surface area contributed by atoms with Gasteiger partial charge < -0.3 is 4.74 Å². The molecule has 0 aliphatic rings. The van der Waals surface area contributed by atoms with E-state index in [1.54, 1.807) is 0 Å². The molecule has 0 saturated carbocycles. The highest BCUT2D eigenvalue weighted by atomic mass is 79.9. The molecule has 1 nitrogen and oxygen atoms in total. The number of hydrogen-bond acceptors (Lipinski definition) is 1. The van der Waals surface area contributed by atoms with E-state index in [1.165, 1.54) is 141 Å². The molecule has 2 heteroatoms. The monoisotopic (exact) mass is 592 g/mol. The lowest BCUT2D eigenvalue weighted by molar-refractivity contribution is 0.126. The number of hydrogen-bond donors (Lipinski definition) is 0. The summed E-state index contributed by atoms with van der Waals surface area (Å²) in [4.78, 5) is 0. The predicted molar refractivity (Wildman–Crippen MR) is 178 cm³/mol. The summed E-state index contributed by atoms with van der Waals surface area (Å²) in [6.07, 6.45) is 50.1. The Morgan fingerprint density at radius 2 is 0.737 bits per heavy atom. The quantitative estimate of drug-likeness (QED) is 0.0441. The first-order valence-electron chi connectivity index (χ1n) is 16.7. The number of ether oxygens (including phenoxy) is 1. The maximum absolute atomic E-state index is 5.83. The van der Waals surface area contributed by atoms with Gasteiger partial charge in [0.1, 0.15) is 0 Å². The smallest absolute Gasteiger partial charge is 0.0466 e. The topological polar surface area (TPSA) is 9.23 Å². The molecule has 0 heterocycles. The van der Waals surface area contributed by atoms with E-state index in [9.17, 15) is 0 Å². The molecular weight excluding hydrogens is 528 g/mol. The highest BCUT2D eigenvalue weighted by molar-refractivity contribution is 9.09. The SMILES string of the molecule is CCCCC/C=C\C/C=C\CCCCCCCCOCCCCC/C=C\C/C=C\CCCCCCCCBr. The van der Waals surface area contributed by atoms with Crippen molar-refractivity contribution in [3.63, 3.8) is 0 Å². The molecule has 0 unspecified atom stereocenters. The van der Waals surface area contributed by atoms with Crippen LogP contribution in [0.15, 0.2) is 48.6 Å². The van der Waals surface area contributed by atoms with Crippen molar-refractivity contribution in [3.8, 4) is 0 Å². The van der Waals surface area contributed by atoms with Crippen LogP contribution < -0.4 is 0 Å². The van der Waals surface area contributed by atoms with Gasteiger partial charge in [0.05, 0.1) is 0 Å². The Kier molecular flexibility index (Phi) is 35.8. The average molecular weight is 594 g/mol. The second kappa shape index (κ2) is 36.4. The molecule has 0 amide bonds. The van der Waals surface area contributed by atoms with Gasteiger partial charge in [0.15, 0.2) is 0 Å². The minimum absolute atomic E-state index is 0.948. The summed E-state index contributed by atoms with van der Waals surface area (Å²) in [7, 11) is 0. The van der Waals surface area contributed by atoms with Crippen molar-refractivity contribution in [1.82, 2.24) is 0 Å². The predicted octanol–water partition coefficient (Wildman–Crippen LogP) is 13.0. The molecule has 222 valence electrons. The first-order valence-corrected chi connectivity index (χ1v) is 17.8. The lowest BCUT2D eigenvalue weighted by Gasteiger charge is -2.04. The van der Waals surface area contributed by atoms with Crippen LogP contribution in [0.3, 0.4) is 0 Å². The minimum Gasteiger partial charge on any atom is -0.381 e. The molecule has 0 aromatic heterocycles. The van der Waals surface area contributed by atoms with Gasteiger partial charge in [-0.25, -0.2) is 0 Å². The summed E-state index contributed by atoms with van der Waals surface area (Å²) >= 11 is 3.50. The van der Waals surface area contributed by atoms with E-state index < -0.39 is 0 Å². The standard InChI is InChI=1S/C36H65BrO/c1-2-3-4-5-6-7-8-9-10-14-17-20-23-26-29-32-35-38-36-33-30-27-24-21-18-15-12-11-13-16-19-22-25-28-31-34-37/h6-7,9-12,18,21H,2-5,8,13-17,19-20,22-36H2,1H3/b7-6-,10-9-,12-11-,21-18-. The lowest BCUT2D eigenvalue weighted by Crippen LogP contribution is -1.97. The average Bonchev–Trinajstić information content (AvgIpc) is 2.93. The van der Waals surface area contributed by atoms with Gasteiger partial charge in [0, 0.05) is 18.5 Å². The van der Waals surface area contributed by atoms with Gasteiger partial charge in [-0.3, -0.25) is 0 Å². The number of allylic oxidation sites excluding steroid dienone is 8. The first-order chi connectivity index (χ1) is 18.9. The molecule has 0 spiro atoms. The largest absolute Gasteiger partial charge is 0.381 e. The van der Waals surface area contributed by atoms with E-state index in [0.717, 1.165) is 31.4 Å². The van der Waals surface area contributed by atoms with Crippen molar-refractivity contribution < 1.29 is 4.74 Å². The Labute approximate surface area is 248 Å². The van der Waals surface area contributed by atoms with E-state index >= 15 is 0 Å². The fourth-order valence-electron chi connectivity index (χ4n) is 4.51. The molecule has 0 aliphatic carbocycles. The Hall–Kier alpha value is -0.600. The van der Waals surface area contributed by atoms with Crippen LogP contribution in [0, 0.1) is 0 Å². The van der Waals surface area contributed by atoms with E-state index in [4.69, 9.17) is 4.74 Å². The summed E-state index contributed by atoms with van der Waals surface area (Å²) in [5, 5.41) is 1.16. The van der Waals surface area contributed by atoms with Crippen LogP contribution in [0.4, 0.5) is 0 Å². The van der Waals surface area contributed by atoms with Gasteiger partial charge >= 0.3 is 0 Å². The maximum atomic E-state index is 5.83. The summed E-state index contributed by atoms with van der Waals surface area (Å²) in [6, 6.07) is 0. The fraction of sp³-hybridized carbons (Fsp3) is 0.778. The number of alkyl halides is 1. The fourth-order valence-corrected chi connectivity index (χ4v) is 4.90. The van der Waals surface area contributed by atoms with Gasteiger partial charge in [0.2, 0.25) is 0 Å². The zero-order valence-corrected chi connectivity index (χ0v) is 27.1. The van der Waals surface area contributed by atoms with Crippen molar-refractivity contribution in [2.45, 2.75) is 161 Å². The van der Waals surface area contributed by atoms with Crippen LogP contribution in [0.5, 0.6) is 0 Å². The van der Waals surface area contributed by atoms with Crippen molar-refractivity contribution in [2.75, 3.05) is 18.5 Å². The van der Waals surface area contributed by atoms with E-state index in [1.807, 2.05) is 0 Å². The molecule has 0 aromatic rings.